The molecule has 1 aliphatic rings. The molecular formula is C22H41N3O5. The second-order valence-corrected chi connectivity index (χ2v) is 8.60. The van der Waals surface area contributed by atoms with E-state index in [9.17, 15) is 14.4 Å². The van der Waals surface area contributed by atoms with Crippen LogP contribution in [-0.4, -0.2) is 86.7 Å². The van der Waals surface area contributed by atoms with Crippen molar-refractivity contribution in [2.75, 3.05) is 34.4 Å². The Morgan fingerprint density at radius 3 is 2.40 bits per heavy atom. The molecule has 0 saturated carbocycles. The summed E-state index contributed by atoms with van der Waals surface area (Å²) in [6, 6.07) is -0.201. The molecule has 0 aliphatic carbocycles. The molecule has 0 aromatic heterocycles. The summed E-state index contributed by atoms with van der Waals surface area (Å²) in [6.45, 7) is 8.97. The lowest BCUT2D eigenvalue weighted by Gasteiger charge is -2.39. The van der Waals surface area contributed by atoms with Gasteiger partial charge >= 0.3 is 0 Å². The Bertz CT molecular complexity index is 557. The van der Waals surface area contributed by atoms with Gasteiger partial charge in [-0.1, -0.05) is 34.1 Å². The molecule has 0 aromatic carbocycles. The number of rotatable bonds is 13. The van der Waals surface area contributed by atoms with Gasteiger partial charge in [-0.25, -0.2) is 0 Å². The highest BCUT2D eigenvalue weighted by Gasteiger charge is 2.39. The number of methoxy groups -OCH3 is 2. The zero-order valence-electron chi connectivity index (χ0n) is 19.7. The van der Waals surface area contributed by atoms with Crippen molar-refractivity contribution in [2.24, 2.45) is 11.8 Å². The first kappa shape index (κ1) is 26.4. The van der Waals surface area contributed by atoms with E-state index in [1.807, 2.05) is 4.90 Å². The van der Waals surface area contributed by atoms with Gasteiger partial charge in [0.2, 0.25) is 18.2 Å². The minimum absolute atomic E-state index is 0.00137. The van der Waals surface area contributed by atoms with Crippen molar-refractivity contribution in [1.29, 1.82) is 0 Å². The topological polar surface area (TPSA) is 88.2 Å². The van der Waals surface area contributed by atoms with E-state index in [2.05, 4.69) is 33.0 Å². The largest absolute Gasteiger partial charge is 0.379 e. The first-order valence-corrected chi connectivity index (χ1v) is 11.0. The van der Waals surface area contributed by atoms with Crippen LogP contribution in [0.5, 0.6) is 0 Å². The number of ether oxygens (including phenoxy) is 2. The SMILES string of the molecule is CC[C@H](C)C([C@@H](CC(=O)N1CCC[C@H]1[C@H](OC)C(C)C)OC)N(C)C(=O)CNC=O. The number of hydrogen-bond acceptors (Lipinski definition) is 5. The molecule has 30 heavy (non-hydrogen) atoms. The van der Waals surface area contributed by atoms with Crippen molar-refractivity contribution in [1.82, 2.24) is 15.1 Å². The van der Waals surface area contributed by atoms with Gasteiger partial charge in [0, 0.05) is 27.8 Å². The van der Waals surface area contributed by atoms with E-state index >= 15 is 0 Å². The molecule has 0 bridgehead atoms. The fourth-order valence-corrected chi connectivity index (χ4v) is 4.61. The van der Waals surface area contributed by atoms with Crippen LogP contribution in [0.2, 0.25) is 0 Å². The Balaban J connectivity index is 2.99. The van der Waals surface area contributed by atoms with Crippen LogP contribution >= 0.6 is 0 Å². The van der Waals surface area contributed by atoms with E-state index in [1.54, 1.807) is 26.2 Å². The Hall–Kier alpha value is -1.67. The van der Waals surface area contributed by atoms with Gasteiger partial charge in [0.25, 0.3) is 0 Å². The molecule has 0 radical (unpaired) electrons. The van der Waals surface area contributed by atoms with Gasteiger partial charge < -0.3 is 24.6 Å². The van der Waals surface area contributed by atoms with E-state index < -0.39 is 6.10 Å². The van der Waals surface area contributed by atoms with Gasteiger partial charge in [-0.05, 0) is 24.7 Å². The second-order valence-electron chi connectivity index (χ2n) is 8.60. The molecule has 1 N–H and O–H groups in total. The molecule has 3 amide bonds. The smallest absolute Gasteiger partial charge is 0.242 e. The Morgan fingerprint density at radius 2 is 1.90 bits per heavy atom. The van der Waals surface area contributed by atoms with Crippen LogP contribution in [0.4, 0.5) is 0 Å². The molecule has 8 heteroatoms. The van der Waals surface area contributed by atoms with Gasteiger partial charge in [0.1, 0.15) is 0 Å². The Kier molecular flexibility index (Phi) is 11.3. The lowest BCUT2D eigenvalue weighted by atomic mass is 9.90. The van der Waals surface area contributed by atoms with Gasteiger partial charge in [0.15, 0.2) is 0 Å². The number of carbonyl (C=O) groups excluding carboxylic acids is 3. The minimum atomic E-state index is -0.432. The molecule has 5 atom stereocenters. The highest BCUT2D eigenvalue weighted by molar-refractivity contribution is 5.81. The first-order valence-electron chi connectivity index (χ1n) is 11.0. The third-order valence-electron chi connectivity index (χ3n) is 6.39. The maximum Gasteiger partial charge on any atom is 0.242 e. The third kappa shape index (κ3) is 6.67. The molecular weight excluding hydrogens is 386 g/mol. The lowest BCUT2D eigenvalue weighted by molar-refractivity contribution is -0.144. The number of nitrogens with one attached hydrogen (secondary N) is 1. The van der Waals surface area contributed by atoms with Crippen LogP contribution in [0.25, 0.3) is 0 Å². The summed E-state index contributed by atoms with van der Waals surface area (Å²) in [5.41, 5.74) is 0. The van der Waals surface area contributed by atoms with E-state index in [1.165, 1.54) is 0 Å². The first-order chi connectivity index (χ1) is 14.2. The monoisotopic (exact) mass is 427 g/mol. The summed E-state index contributed by atoms with van der Waals surface area (Å²) in [5, 5.41) is 2.42. The summed E-state index contributed by atoms with van der Waals surface area (Å²) in [7, 11) is 5.00. The number of nitrogens with zero attached hydrogens (tertiary/aromatic N) is 2. The number of likely N-dealkylation sites (tertiary alicyclic amines) is 1. The van der Waals surface area contributed by atoms with Crippen LogP contribution in [0.3, 0.4) is 0 Å². The average molecular weight is 428 g/mol. The van der Waals surface area contributed by atoms with Gasteiger partial charge in [-0.15, -0.1) is 0 Å². The molecule has 1 aliphatic heterocycles. The predicted octanol–water partition coefficient (Wildman–Crippen LogP) is 1.67. The van der Waals surface area contributed by atoms with Gasteiger partial charge in [0.05, 0.1) is 37.3 Å². The fourth-order valence-electron chi connectivity index (χ4n) is 4.61. The molecule has 1 fully saturated rings. The van der Waals surface area contributed by atoms with Crippen molar-refractivity contribution < 1.29 is 23.9 Å². The van der Waals surface area contributed by atoms with Crippen molar-refractivity contribution in [2.45, 2.75) is 77.7 Å². The number of likely N-dealkylation sites (N-methyl/N-ethyl adjacent to an activating group) is 1. The zero-order chi connectivity index (χ0) is 22.8. The zero-order valence-corrected chi connectivity index (χ0v) is 19.7. The average Bonchev–Trinajstić information content (AvgIpc) is 3.20. The van der Waals surface area contributed by atoms with Crippen molar-refractivity contribution in [3.05, 3.63) is 0 Å². The van der Waals surface area contributed by atoms with Gasteiger partial charge in [-0.3, -0.25) is 14.4 Å². The van der Waals surface area contributed by atoms with E-state index in [0.717, 1.165) is 25.8 Å². The normalized spacial score (nSPS) is 20.5. The second kappa shape index (κ2) is 12.9. The van der Waals surface area contributed by atoms with Crippen LogP contribution in [0.15, 0.2) is 0 Å². The quantitative estimate of drug-likeness (QED) is 0.452. The highest BCUT2D eigenvalue weighted by atomic mass is 16.5. The van der Waals surface area contributed by atoms with Gasteiger partial charge in [-0.2, -0.15) is 0 Å². The molecule has 0 aromatic rings. The van der Waals surface area contributed by atoms with Crippen molar-refractivity contribution >= 4 is 18.2 Å². The number of amides is 3. The fraction of sp³-hybridized carbons (Fsp3) is 0.864. The number of carbonyl (C=O) groups is 3. The van der Waals surface area contributed by atoms with E-state index in [4.69, 9.17) is 9.47 Å². The van der Waals surface area contributed by atoms with Crippen molar-refractivity contribution in [3.63, 3.8) is 0 Å². The molecule has 174 valence electrons. The van der Waals surface area contributed by atoms with E-state index in [-0.39, 0.29) is 48.9 Å². The molecule has 1 saturated heterocycles. The summed E-state index contributed by atoms with van der Waals surface area (Å²) < 4.78 is 11.5. The van der Waals surface area contributed by atoms with Crippen LogP contribution in [0.1, 0.15) is 53.4 Å². The highest BCUT2D eigenvalue weighted by Crippen LogP contribution is 2.28. The molecule has 1 rings (SSSR count). The number of hydrogen-bond donors (Lipinski definition) is 1. The third-order valence-corrected chi connectivity index (χ3v) is 6.39. The van der Waals surface area contributed by atoms with Crippen LogP contribution in [0, 0.1) is 11.8 Å². The molecule has 8 nitrogen and oxygen atoms in total. The minimum Gasteiger partial charge on any atom is -0.379 e. The maximum atomic E-state index is 13.3. The molecule has 1 unspecified atom stereocenters. The van der Waals surface area contributed by atoms with Crippen molar-refractivity contribution in [3.8, 4) is 0 Å². The van der Waals surface area contributed by atoms with Crippen LogP contribution < -0.4 is 5.32 Å². The summed E-state index contributed by atoms with van der Waals surface area (Å²) >= 11 is 0. The maximum absolute atomic E-state index is 13.3. The summed E-state index contributed by atoms with van der Waals surface area (Å²) in [6.07, 6.45) is 3.02. The lowest BCUT2D eigenvalue weighted by Crippen LogP contribution is -2.53. The Labute approximate surface area is 181 Å². The van der Waals surface area contributed by atoms with Crippen LogP contribution in [-0.2, 0) is 23.9 Å². The molecule has 1 heterocycles. The predicted molar refractivity (Wildman–Crippen MR) is 116 cm³/mol. The standard InChI is InChI=1S/C22H41N3O5/c1-8-16(4)21(24(5)20(28)13-23-14-26)18(29-6)12-19(27)25-11-9-10-17(25)22(30-7)15(2)3/h14-18,21-22H,8-13H2,1-7H3,(H,23,26)/t16-,17-,18+,21?,22+/m0/s1. The van der Waals surface area contributed by atoms with E-state index in [0.29, 0.717) is 12.3 Å². The summed E-state index contributed by atoms with van der Waals surface area (Å²) in [5.74, 6) is 0.269. The Morgan fingerprint density at radius 1 is 1.23 bits per heavy atom. The molecule has 0 spiro atoms. The summed E-state index contributed by atoms with van der Waals surface area (Å²) in [4.78, 5) is 39.9.